The van der Waals surface area contributed by atoms with E-state index in [0.29, 0.717) is 6.54 Å². The van der Waals surface area contributed by atoms with E-state index in [4.69, 9.17) is 0 Å². The van der Waals surface area contributed by atoms with Crippen LogP contribution in [0, 0.1) is 0 Å². The van der Waals surface area contributed by atoms with E-state index in [1.165, 1.54) is 0 Å². The molecule has 2 aromatic carbocycles. The SMILES string of the molecule is CCN(CC)c1ccc(CNS(=O)(=O)Cc2ccc(Br)cc2)cc1. The molecule has 6 heteroatoms. The lowest BCUT2D eigenvalue weighted by Gasteiger charge is -2.21. The average Bonchev–Trinajstić information content (AvgIpc) is 2.57. The predicted molar refractivity (Wildman–Crippen MR) is 104 cm³/mol. The molecule has 130 valence electrons. The topological polar surface area (TPSA) is 49.4 Å². The average molecular weight is 411 g/mol. The van der Waals surface area contributed by atoms with Crippen LogP contribution in [0.25, 0.3) is 0 Å². The molecule has 2 rings (SSSR count). The van der Waals surface area contributed by atoms with Gasteiger partial charge in [0.1, 0.15) is 0 Å². The van der Waals surface area contributed by atoms with Crippen LogP contribution in [0.1, 0.15) is 25.0 Å². The molecule has 0 unspecified atom stereocenters. The van der Waals surface area contributed by atoms with Crippen molar-refractivity contribution in [3.63, 3.8) is 0 Å². The monoisotopic (exact) mass is 410 g/mol. The summed E-state index contributed by atoms with van der Waals surface area (Å²) in [5.41, 5.74) is 2.87. The van der Waals surface area contributed by atoms with E-state index in [0.717, 1.165) is 34.4 Å². The highest BCUT2D eigenvalue weighted by molar-refractivity contribution is 9.10. The Bertz CT molecular complexity index is 740. The van der Waals surface area contributed by atoms with Crippen molar-refractivity contribution in [2.24, 2.45) is 0 Å². The van der Waals surface area contributed by atoms with Gasteiger partial charge in [-0.3, -0.25) is 0 Å². The van der Waals surface area contributed by atoms with Crippen molar-refractivity contribution in [3.8, 4) is 0 Å². The minimum absolute atomic E-state index is 0.0161. The summed E-state index contributed by atoms with van der Waals surface area (Å²) in [6, 6.07) is 15.3. The van der Waals surface area contributed by atoms with Gasteiger partial charge in [-0.15, -0.1) is 0 Å². The summed E-state index contributed by atoms with van der Waals surface area (Å²) in [6.07, 6.45) is 0. The lowest BCUT2D eigenvalue weighted by atomic mass is 10.2. The highest BCUT2D eigenvalue weighted by Crippen LogP contribution is 2.16. The van der Waals surface area contributed by atoms with E-state index in [1.54, 1.807) is 0 Å². The number of hydrogen-bond donors (Lipinski definition) is 1. The highest BCUT2D eigenvalue weighted by atomic mass is 79.9. The van der Waals surface area contributed by atoms with E-state index < -0.39 is 10.0 Å². The molecule has 0 amide bonds. The van der Waals surface area contributed by atoms with Gasteiger partial charge in [0.15, 0.2) is 0 Å². The normalized spacial score (nSPS) is 11.5. The molecule has 0 heterocycles. The van der Waals surface area contributed by atoms with Gasteiger partial charge in [-0.2, -0.15) is 0 Å². The summed E-state index contributed by atoms with van der Waals surface area (Å²) < 4.78 is 28.0. The molecule has 0 saturated heterocycles. The molecule has 0 radical (unpaired) electrons. The standard InChI is InChI=1S/C18H23BrN2O2S/c1-3-21(4-2)18-11-7-15(8-12-18)13-20-24(22,23)14-16-5-9-17(19)10-6-16/h5-12,20H,3-4,13-14H2,1-2H3. The third kappa shape index (κ3) is 5.61. The second kappa shape index (κ2) is 8.65. The molecule has 0 fully saturated rings. The molecule has 0 saturated carbocycles. The van der Waals surface area contributed by atoms with E-state index >= 15 is 0 Å². The maximum absolute atomic E-state index is 12.2. The molecule has 4 nitrogen and oxygen atoms in total. The highest BCUT2D eigenvalue weighted by Gasteiger charge is 2.11. The van der Waals surface area contributed by atoms with E-state index in [9.17, 15) is 8.42 Å². The van der Waals surface area contributed by atoms with Crippen LogP contribution in [0.15, 0.2) is 53.0 Å². The first-order chi connectivity index (χ1) is 11.4. The summed E-state index contributed by atoms with van der Waals surface area (Å²) in [7, 11) is -3.36. The molecule has 2 aromatic rings. The molecule has 1 N–H and O–H groups in total. The molecule has 0 aromatic heterocycles. The fourth-order valence-electron chi connectivity index (χ4n) is 2.46. The second-order valence-corrected chi connectivity index (χ2v) is 8.27. The zero-order chi connectivity index (χ0) is 17.6. The fraction of sp³-hybridized carbons (Fsp3) is 0.333. The number of nitrogens with one attached hydrogen (secondary N) is 1. The molecular formula is C18H23BrN2O2S. The number of anilines is 1. The van der Waals surface area contributed by atoms with Crippen molar-refractivity contribution in [2.45, 2.75) is 26.1 Å². The summed E-state index contributed by atoms with van der Waals surface area (Å²) in [6.45, 7) is 6.45. The Balaban J connectivity index is 1.95. The predicted octanol–water partition coefficient (Wildman–Crippen LogP) is 3.91. The molecule has 0 aliphatic heterocycles. The van der Waals surface area contributed by atoms with Gasteiger partial charge in [0.25, 0.3) is 0 Å². The Morgan fingerprint density at radius 1 is 0.917 bits per heavy atom. The van der Waals surface area contributed by atoms with Crippen LogP contribution >= 0.6 is 15.9 Å². The van der Waals surface area contributed by atoms with Gasteiger partial charge < -0.3 is 4.90 Å². The maximum atomic E-state index is 12.2. The first-order valence-electron chi connectivity index (χ1n) is 7.99. The molecule has 24 heavy (non-hydrogen) atoms. The van der Waals surface area contributed by atoms with Crippen molar-refractivity contribution in [1.29, 1.82) is 0 Å². The van der Waals surface area contributed by atoms with Crippen LogP contribution in [-0.2, 0) is 22.3 Å². The van der Waals surface area contributed by atoms with Crippen molar-refractivity contribution in [2.75, 3.05) is 18.0 Å². The number of nitrogens with zero attached hydrogens (tertiary/aromatic N) is 1. The second-order valence-electron chi connectivity index (χ2n) is 5.55. The molecule has 0 aliphatic carbocycles. The van der Waals surface area contributed by atoms with Crippen molar-refractivity contribution >= 4 is 31.6 Å². The fourth-order valence-corrected chi connectivity index (χ4v) is 3.84. The maximum Gasteiger partial charge on any atom is 0.216 e. The summed E-state index contributed by atoms with van der Waals surface area (Å²) in [5.74, 6) is -0.0161. The lowest BCUT2D eigenvalue weighted by molar-refractivity contribution is 0.580. The smallest absolute Gasteiger partial charge is 0.216 e. The Labute approximate surface area is 153 Å². The van der Waals surface area contributed by atoms with E-state index in [-0.39, 0.29) is 5.75 Å². The van der Waals surface area contributed by atoms with Crippen LogP contribution in [0.2, 0.25) is 0 Å². The summed E-state index contributed by atoms with van der Waals surface area (Å²) in [5, 5.41) is 0. The Morgan fingerprint density at radius 3 is 2.00 bits per heavy atom. The van der Waals surface area contributed by atoms with Crippen molar-refractivity contribution in [1.82, 2.24) is 4.72 Å². The van der Waals surface area contributed by atoms with Crippen LogP contribution in [-0.4, -0.2) is 21.5 Å². The number of benzene rings is 2. The van der Waals surface area contributed by atoms with Gasteiger partial charge in [0.05, 0.1) is 5.75 Å². The van der Waals surface area contributed by atoms with Gasteiger partial charge >= 0.3 is 0 Å². The third-order valence-electron chi connectivity index (χ3n) is 3.83. The minimum Gasteiger partial charge on any atom is -0.372 e. The lowest BCUT2D eigenvalue weighted by Crippen LogP contribution is -2.25. The summed E-state index contributed by atoms with van der Waals surface area (Å²) >= 11 is 3.34. The van der Waals surface area contributed by atoms with Gasteiger partial charge in [-0.1, -0.05) is 40.2 Å². The van der Waals surface area contributed by atoms with Crippen molar-refractivity contribution < 1.29 is 8.42 Å². The van der Waals surface area contributed by atoms with Crippen LogP contribution in [0.5, 0.6) is 0 Å². The van der Waals surface area contributed by atoms with Crippen LogP contribution in [0.4, 0.5) is 5.69 Å². The third-order valence-corrected chi connectivity index (χ3v) is 5.66. The number of sulfonamides is 1. The van der Waals surface area contributed by atoms with E-state index in [1.807, 2.05) is 48.5 Å². The Morgan fingerprint density at radius 2 is 1.46 bits per heavy atom. The van der Waals surface area contributed by atoms with E-state index in [2.05, 4.69) is 39.4 Å². The van der Waals surface area contributed by atoms with Gasteiger partial charge in [0, 0.05) is 29.8 Å². The first-order valence-corrected chi connectivity index (χ1v) is 10.4. The molecule has 0 aliphatic rings. The zero-order valence-corrected chi connectivity index (χ0v) is 16.4. The first kappa shape index (κ1) is 19.0. The number of halogens is 1. The minimum atomic E-state index is -3.36. The van der Waals surface area contributed by atoms with Gasteiger partial charge in [0.2, 0.25) is 10.0 Å². The van der Waals surface area contributed by atoms with Crippen molar-refractivity contribution in [3.05, 3.63) is 64.1 Å². The summed E-state index contributed by atoms with van der Waals surface area (Å²) in [4.78, 5) is 2.25. The van der Waals surface area contributed by atoms with Crippen LogP contribution < -0.4 is 9.62 Å². The zero-order valence-electron chi connectivity index (χ0n) is 14.0. The number of hydrogen-bond acceptors (Lipinski definition) is 3. The molecule has 0 bridgehead atoms. The molecular weight excluding hydrogens is 388 g/mol. The van der Waals surface area contributed by atoms with Crippen LogP contribution in [0.3, 0.4) is 0 Å². The Kier molecular flexibility index (Phi) is 6.83. The van der Waals surface area contributed by atoms with Gasteiger partial charge in [-0.25, -0.2) is 13.1 Å². The largest absolute Gasteiger partial charge is 0.372 e. The quantitative estimate of drug-likeness (QED) is 0.717. The number of rotatable bonds is 8. The molecule has 0 spiro atoms. The Hall–Kier alpha value is -1.37. The van der Waals surface area contributed by atoms with Gasteiger partial charge in [-0.05, 0) is 49.2 Å². The molecule has 0 atom stereocenters.